The van der Waals surface area contributed by atoms with Gasteiger partial charge in [0.25, 0.3) is 5.91 Å². The Hall–Kier alpha value is -1.75. The van der Waals surface area contributed by atoms with Gasteiger partial charge in [-0.1, -0.05) is 0 Å². The number of rotatable bonds is 4. The molecule has 0 saturated heterocycles. The molecule has 0 spiro atoms. The van der Waals surface area contributed by atoms with Crippen molar-refractivity contribution in [1.29, 1.82) is 0 Å². The predicted molar refractivity (Wildman–Crippen MR) is 67.9 cm³/mol. The number of methoxy groups -OCH3 is 2. The third-order valence-electron chi connectivity index (χ3n) is 2.10. The van der Waals surface area contributed by atoms with Gasteiger partial charge in [-0.25, -0.2) is 5.48 Å². The van der Waals surface area contributed by atoms with Crippen molar-refractivity contribution in [3.63, 3.8) is 0 Å². The molecule has 0 heterocycles. The summed E-state index contributed by atoms with van der Waals surface area (Å²) in [5, 5.41) is 0. The SMILES string of the molecule is COc1ccc(C(=O)NOC(C)(C)C)c(OC)c1. The second kappa shape index (κ2) is 5.73. The highest BCUT2D eigenvalue weighted by Crippen LogP contribution is 2.24. The average molecular weight is 253 g/mol. The molecule has 5 nitrogen and oxygen atoms in total. The molecule has 0 aliphatic heterocycles. The highest BCUT2D eigenvalue weighted by Gasteiger charge is 2.17. The second-order valence-electron chi connectivity index (χ2n) is 4.71. The van der Waals surface area contributed by atoms with Crippen LogP contribution in [0.1, 0.15) is 31.1 Å². The first-order valence-corrected chi connectivity index (χ1v) is 5.58. The third kappa shape index (κ3) is 3.92. The molecule has 0 aromatic heterocycles. The van der Waals surface area contributed by atoms with Crippen LogP contribution in [-0.2, 0) is 4.84 Å². The Morgan fingerprint density at radius 2 is 1.83 bits per heavy atom. The van der Waals surface area contributed by atoms with Crippen LogP contribution in [0.25, 0.3) is 0 Å². The van der Waals surface area contributed by atoms with E-state index < -0.39 is 5.60 Å². The van der Waals surface area contributed by atoms with Gasteiger partial charge in [-0.3, -0.25) is 9.63 Å². The Morgan fingerprint density at radius 1 is 1.17 bits per heavy atom. The molecule has 0 aliphatic rings. The minimum atomic E-state index is -0.449. The molecular weight excluding hydrogens is 234 g/mol. The van der Waals surface area contributed by atoms with E-state index >= 15 is 0 Å². The predicted octanol–water partition coefficient (Wildman–Crippen LogP) is 2.16. The topological polar surface area (TPSA) is 56.8 Å². The fraction of sp³-hybridized carbons (Fsp3) is 0.462. The van der Waals surface area contributed by atoms with Gasteiger partial charge in [0.15, 0.2) is 0 Å². The van der Waals surface area contributed by atoms with Crippen LogP contribution in [0.3, 0.4) is 0 Å². The van der Waals surface area contributed by atoms with Gasteiger partial charge in [-0.2, -0.15) is 0 Å². The van der Waals surface area contributed by atoms with Crippen LogP contribution in [0.5, 0.6) is 11.5 Å². The molecule has 1 rings (SSSR count). The Balaban J connectivity index is 2.85. The van der Waals surface area contributed by atoms with Gasteiger partial charge in [-0.15, -0.1) is 0 Å². The highest BCUT2D eigenvalue weighted by atomic mass is 16.7. The van der Waals surface area contributed by atoms with E-state index in [2.05, 4.69) is 5.48 Å². The molecule has 0 radical (unpaired) electrons. The van der Waals surface area contributed by atoms with Crippen LogP contribution in [0.15, 0.2) is 18.2 Å². The van der Waals surface area contributed by atoms with Gasteiger partial charge in [0.1, 0.15) is 11.5 Å². The summed E-state index contributed by atoms with van der Waals surface area (Å²) in [6.07, 6.45) is 0. The number of hydrogen-bond acceptors (Lipinski definition) is 4. The van der Waals surface area contributed by atoms with Gasteiger partial charge in [0, 0.05) is 6.07 Å². The molecular formula is C13H19NO4. The summed E-state index contributed by atoms with van der Waals surface area (Å²) in [7, 11) is 3.05. The van der Waals surface area contributed by atoms with E-state index in [-0.39, 0.29) is 5.91 Å². The molecule has 0 aliphatic carbocycles. The van der Waals surface area contributed by atoms with Gasteiger partial charge in [-0.05, 0) is 32.9 Å². The maximum absolute atomic E-state index is 11.9. The van der Waals surface area contributed by atoms with E-state index in [9.17, 15) is 4.79 Å². The van der Waals surface area contributed by atoms with Crippen LogP contribution in [0.2, 0.25) is 0 Å². The largest absolute Gasteiger partial charge is 0.497 e. The fourth-order valence-electron chi connectivity index (χ4n) is 1.24. The number of hydroxylamine groups is 1. The Morgan fingerprint density at radius 3 is 2.33 bits per heavy atom. The molecule has 0 atom stereocenters. The average Bonchev–Trinajstić information content (AvgIpc) is 2.34. The monoisotopic (exact) mass is 253 g/mol. The van der Waals surface area contributed by atoms with E-state index in [4.69, 9.17) is 14.3 Å². The maximum Gasteiger partial charge on any atom is 0.278 e. The molecule has 1 aromatic carbocycles. The number of ether oxygens (including phenoxy) is 2. The lowest BCUT2D eigenvalue weighted by Gasteiger charge is -2.19. The second-order valence-corrected chi connectivity index (χ2v) is 4.71. The Kier molecular flexibility index (Phi) is 4.55. The van der Waals surface area contributed by atoms with Crippen molar-refractivity contribution in [3.05, 3.63) is 23.8 Å². The third-order valence-corrected chi connectivity index (χ3v) is 2.10. The lowest BCUT2D eigenvalue weighted by molar-refractivity contribution is -0.0590. The van der Waals surface area contributed by atoms with Crippen molar-refractivity contribution in [2.24, 2.45) is 0 Å². The van der Waals surface area contributed by atoms with Crippen molar-refractivity contribution in [2.45, 2.75) is 26.4 Å². The van der Waals surface area contributed by atoms with Crippen LogP contribution in [0, 0.1) is 0 Å². The molecule has 1 amide bonds. The molecule has 0 bridgehead atoms. The van der Waals surface area contributed by atoms with Gasteiger partial charge in [0.05, 0.1) is 25.4 Å². The lowest BCUT2D eigenvalue weighted by Crippen LogP contribution is -2.33. The van der Waals surface area contributed by atoms with E-state index in [1.807, 2.05) is 20.8 Å². The Labute approximate surface area is 107 Å². The van der Waals surface area contributed by atoms with E-state index in [1.54, 1.807) is 25.3 Å². The van der Waals surface area contributed by atoms with Gasteiger partial charge >= 0.3 is 0 Å². The van der Waals surface area contributed by atoms with Crippen LogP contribution >= 0.6 is 0 Å². The molecule has 100 valence electrons. The number of carbonyl (C=O) groups is 1. The molecule has 1 aromatic rings. The fourth-order valence-corrected chi connectivity index (χ4v) is 1.24. The number of amides is 1. The van der Waals surface area contributed by atoms with Gasteiger partial charge in [0.2, 0.25) is 0 Å². The molecule has 0 unspecified atom stereocenters. The number of benzene rings is 1. The van der Waals surface area contributed by atoms with E-state index in [0.29, 0.717) is 17.1 Å². The molecule has 0 fully saturated rings. The molecule has 1 N–H and O–H groups in total. The highest BCUT2D eigenvalue weighted by molar-refractivity contribution is 5.96. The first-order chi connectivity index (χ1) is 8.37. The minimum absolute atomic E-state index is 0.357. The first-order valence-electron chi connectivity index (χ1n) is 5.58. The zero-order valence-corrected chi connectivity index (χ0v) is 11.4. The molecule has 0 saturated carbocycles. The first kappa shape index (κ1) is 14.3. The zero-order chi connectivity index (χ0) is 13.8. The molecule has 18 heavy (non-hydrogen) atoms. The zero-order valence-electron chi connectivity index (χ0n) is 11.4. The van der Waals surface area contributed by atoms with Crippen LogP contribution < -0.4 is 15.0 Å². The number of hydrogen-bond donors (Lipinski definition) is 1. The van der Waals surface area contributed by atoms with E-state index in [1.165, 1.54) is 7.11 Å². The summed E-state index contributed by atoms with van der Waals surface area (Å²) >= 11 is 0. The smallest absolute Gasteiger partial charge is 0.278 e. The van der Waals surface area contributed by atoms with Crippen molar-refractivity contribution in [3.8, 4) is 11.5 Å². The quantitative estimate of drug-likeness (QED) is 0.835. The van der Waals surface area contributed by atoms with Crippen molar-refractivity contribution < 1.29 is 19.1 Å². The summed E-state index contributed by atoms with van der Waals surface area (Å²) < 4.78 is 10.2. The summed E-state index contributed by atoms with van der Waals surface area (Å²) in [5.74, 6) is 0.703. The summed E-state index contributed by atoms with van der Waals surface area (Å²) in [6.45, 7) is 5.54. The normalized spacial score (nSPS) is 10.9. The van der Waals surface area contributed by atoms with Gasteiger partial charge < -0.3 is 9.47 Å². The summed E-state index contributed by atoms with van der Waals surface area (Å²) in [4.78, 5) is 17.1. The maximum atomic E-state index is 11.9. The van der Waals surface area contributed by atoms with Crippen LogP contribution in [-0.4, -0.2) is 25.7 Å². The van der Waals surface area contributed by atoms with Crippen molar-refractivity contribution in [1.82, 2.24) is 5.48 Å². The minimum Gasteiger partial charge on any atom is -0.497 e. The molecule has 5 heteroatoms. The van der Waals surface area contributed by atoms with E-state index in [0.717, 1.165) is 0 Å². The van der Waals surface area contributed by atoms with Crippen molar-refractivity contribution >= 4 is 5.91 Å². The summed E-state index contributed by atoms with van der Waals surface area (Å²) in [5.41, 5.74) is 2.33. The van der Waals surface area contributed by atoms with Crippen LogP contribution in [0.4, 0.5) is 0 Å². The standard InChI is InChI=1S/C13H19NO4/c1-13(2,3)18-14-12(15)10-7-6-9(16-4)8-11(10)17-5/h6-8H,1-5H3,(H,14,15). The lowest BCUT2D eigenvalue weighted by atomic mass is 10.2. The summed E-state index contributed by atoms with van der Waals surface area (Å²) in [6, 6.07) is 4.96. The number of nitrogens with one attached hydrogen (secondary N) is 1. The Bertz CT molecular complexity index is 423. The number of carbonyl (C=O) groups excluding carboxylic acids is 1. The van der Waals surface area contributed by atoms with Crippen molar-refractivity contribution in [2.75, 3.05) is 14.2 Å².